The SMILES string of the molecule is CCOC(=O)c1ccc(F)c(C)c1F. The molecule has 0 aliphatic carbocycles. The highest BCUT2D eigenvalue weighted by molar-refractivity contribution is 5.89. The van der Waals surface area contributed by atoms with E-state index in [1.807, 2.05) is 0 Å². The summed E-state index contributed by atoms with van der Waals surface area (Å²) in [6.45, 7) is 3.05. The predicted octanol–water partition coefficient (Wildman–Crippen LogP) is 2.45. The normalized spacial score (nSPS) is 10.0. The van der Waals surface area contributed by atoms with Gasteiger partial charge in [-0.2, -0.15) is 0 Å². The summed E-state index contributed by atoms with van der Waals surface area (Å²) in [5.74, 6) is -2.30. The van der Waals surface area contributed by atoms with Gasteiger partial charge in [-0.3, -0.25) is 0 Å². The summed E-state index contributed by atoms with van der Waals surface area (Å²) in [5, 5.41) is 0. The van der Waals surface area contributed by atoms with Crippen molar-refractivity contribution in [2.45, 2.75) is 13.8 Å². The van der Waals surface area contributed by atoms with Crippen LogP contribution in [0.3, 0.4) is 0 Å². The van der Waals surface area contributed by atoms with Crippen LogP contribution in [0.1, 0.15) is 22.8 Å². The van der Waals surface area contributed by atoms with Gasteiger partial charge in [-0.15, -0.1) is 0 Å². The zero-order valence-electron chi connectivity index (χ0n) is 7.93. The molecule has 1 aromatic rings. The molecule has 0 bridgehead atoms. The minimum atomic E-state index is -0.858. The third-order valence-corrected chi connectivity index (χ3v) is 1.82. The summed E-state index contributed by atoms with van der Waals surface area (Å²) < 4.78 is 30.7. The monoisotopic (exact) mass is 200 g/mol. The molecular formula is C10H10F2O2. The smallest absolute Gasteiger partial charge is 0.341 e. The number of halogens is 2. The van der Waals surface area contributed by atoms with Gasteiger partial charge >= 0.3 is 5.97 Å². The molecule has 0 spiro atoms. The van der Waals surface area contributed by atoms with Gasteiger partial charge < -0.3 is 4.74 Å². The van der Waals surface area contributed by atoms with Crippen LogP contribution in [0.25, 0.3) is 0 Å². The van der Waals surface area contributed by atoms with Crippen molar-refractivity contribution in [1.29, 1.82) is 0 Å². The first kappa shape index (κ1) is 10.6. The minimum Gasteiger partial charge on any atom is -0.462 e. The Labute approximate surface area is 80.5 Å². The number of carbonyl (C=O) groups is 1. The molecular weight excluding hydrogens is 190 g/mol. The highest BCUT2D eigenvalue weighted by atomic mass is 19.1. The summed E-state index contributed by atoms with van der Waals surface area (Å²) in [7, 11) is 0. The van der Waals surface area contributed by atoms with E-state index in [9.17, 15) is 13.6 Å². The number of benzene rings is 1. The number of esters is 1. The third kappa shape index (κ3) is 1.89. The van der Waals surface area contributed by atoms with E-state index < -0.39 is 17.6 Å². The molecule has 0 radical (unpaired) electrons. The molecule has 1 aromatic carbocycles. The van der Waals surface area contributed by atoms with Crippen LogP contribution >= 0.6 is 0 Å². The van der Waals surface area contributed by atoms with Crippen molar-refractivity contribution in [3.63, 3.8) is 0 Å². The molecule has 0 heterocycles. The van der Waals surface area contributed by atoms with Crippen LogP contribution < -0.4 is 0 Å². The van der Waals surface area contributed by atoms with Crippen LogP contribution in [0.2, 0.25) is 0 Å². The molecule has 14 heavy (non-hydrogen) atoms. The fraction of sp³-hybridized carbons (Fsp3) is 0.300. The van der Waals surface area contributed by atoms with Crippen LogP contribution in [0.15, 0.2) is 12.1 Å². The Morgan fingerprint density at radius 3 is 2.64 bits per heavy atom. The van der Waals surface area contributed by atoms with Gasteiger partial charge in [0.1, 0.15) is 11.6 Å². The quantitative estimate of drug-likeness (QED) is 0.685. The average Bonchev–Trinajstić information content (AvgIpc) is 2.15. The highest BCUT2D eigenvalue weighted by Crippen LogP contribution is 2.16. The average molecular weight is 200 g/mol. The number of carbonyl (C=O) groups excluding carboxylic acids is 1. The molecule has 0 saturated carbocycles. The predicted molar refractivity (Wildman–Crippen MR) is 47.1 cm³/mol. The van der Waals surface area contributed by atoms with Gasteiger partial charge in [-0.1, -0.05) is 0 Å². The van der Waals surface area contributed by atoms with Crippen LogP contribution in [0, 0.1) is 18.6 Å². The van der Waals surface area contributed by atoms with Gasteiger partial charge in [0.15, 0.2) is 0 Å². The summed E-state index contributed by atoms with van der Waals surface area (Å²) in [6.07, 6.45) is 0. The van der Waals surface area contributed by atoms with E-state index in [1.165, 1.54) is 6.92 Å². The molecule has 0 unspecified atom stereocenters. The summed E-state index contributed by atoms with van der Waals surface area (Å²) >= 11 is 0. The Hall–Kier alpha value is -1.45. The first-order valence-corrected chi connectivity index (χ1v) is 4.19. The van der Waals surface area contributed by atoms with Crippen LogP contribution in [0.4, 0.5) is 8.78 Å². The largest absolute Gasteiger partial charge is 0.462 e. The lowest BCUT2D eigenvalue weighted by molar-refractivity contribution is 0.0520. The van der Waals surface area contributed by atoms with Gasteiger partial charge in [0.05, 0.1) is 12.2 Å². The highest BCUT2D eigenvalue weighted by Gasteiger charge is 2.16. The van der Waals surface area contributed by atoms with Crippen LogP contribution in [0.5, 0.6) is 0 Å². The van der Waals surface area contributed by atoms with Gasteiger partial charge in [-0.05, 0) is 26.0 Å². The van der Waals surface area contributed by atoms with E-state index in [4.69, 9.17) is 0 Å². The molecule has 0 aliphatic heterocycles. The molecule has 76 valence electrons. The van der Waals surface area contributed by atoms with E-state index in [0.717, 1.165) is 12.1 Å². The van der Waals surface area contributed by atoms with E-state index in [1.54, 1.807) is 6.92 Å². The lowest BCUT2D eigenvalue weighted by Crippen LogP contribution is -2.08. The van der Waals surface area contributed by atoms with Gasteiger partial charge in [0.25, 0.3) is 0 Å². The maximum absolute atomic E-state index is 13.3. The number of rotatable bonds is 2. The van der Waals surface area contributed by atoms with E-state index in [2.05, 4.69) is 4.74 Å². The van der Waals surface area contributed by atoms with Crippen LogP contribution in [-0.4, -0.2) is 12.6 Å². The summed E-state index contributed by atoms with van der Waals surface area (Å²) in [5.41, 5.74) is -0.402. The van der Waals surface area contributed by atoms with Gasteiger partial charge in [-0.25, -0.2) is 13.6 Å². The van der Waals surface area contributed by atoms with Gasteiger partial charge in [0, 0.05) is 5.56 Å². The van der Waals surface area contributed by atoms with E-state index in [0.29, 0.717) is 0 Å². The van der Waals surface area contributed by atoms with Crippen molar-refractivity contribution in [3.05, 3.63) is 34.9 Å². The molecule has 2 nitrogen and oxygen atoms in total. The molecule has 0 fully saturated rings. The topological polar surface area (TPSA) is 26.3 Å². The lowest BCUT2D eigenvalue weighted by Gasteiger charge is -2.05. The number of hydrogen-bond donors (Lipinski definition) is 0. The maximum Gasteiger partial charge on any atom is 0.341 e. The fourth-order valence-electron chi connectivity index (χ4n) is 1.03. The fourth-order valence-corrected chi connectivity index (χ4v) is 1.03. The third-order valence-electron chi connectivity index (χ3n) is 1.82. The standard InChI is InChI=1S/C10H10F2O2/c1-3-14-10(13)7-4-5-8(11)6(2)9(7)12/h4-5H,3H2,1-2H3. The molecule has 0 saturated heterocycles. The molecule has 4 heteroatoms. The van der Waals surface area contributed by atoms with E-state index in [-0.39, 0.29) is 17.7 Å². The summed E-state index contributed by atoms with van der Waals surface area (Å²) in [6, 6.07) is 2.13. The Bertz CT molecular complexity index is 361. The zero-order valence-corrected chi connectivity index (χ0v) is 7.93. The number of ether oxygens (including phenoxy) is 1. The first-order chi connectivity index (χ1) is 6.57. The Kier molecular flexibility index (Phi) is 3.17. The Morgan fingerprint density at radius 2 is 2.07 bits per heavy atom. The van der Waals surface area contributed by atoms with Crippen molar-refractivity contribution in [3.8, 4) is 0 Å². The second-order valence-electron chi connectivity index (χ2n) is 2.75. The lowest BCUT2D eigenvalue weighted by atomic mass is 10.1. The van der Waals surface area contributed by atoms with Gasteiger partial charge in [0.2, 0.25) is 0 Å². The van der Waals surface area contributed by atoms with Crippen molar-refractivity contribution in [2.75, 3.05) is 6.61 Å². The maximum atomic E-state index is 13.3. The molecule has 0 atom stereocenters. The second kappa shape index (κ2) is 4.17. The van der Waals surface area contributed by atoms with E-state index >= 15 is 0 Å². The van der Waals surface area contributed by atoms with Crippen LogP contribution in [-0.2, 0) is 4.74 Å². The van der Waals surface area contributed by atoms with Crippen molar-refractivity contribution < 1.29 is 18.3 Å². The van der Waals surface area contributed by atoms with Crippen molar-refractivity contribution in [1.82, 2.24) is 0 Å². The Balaban J connectivity index is 3.11. The molecule has 0 amide bonds. The molecule has 1 rings (SSSR count). The van der Waals surface area contributed by atoms with Crippen molar-refractivity contribution >= 4 is 5.97 Å². The first-order valence-electron chi connectivity index (χ1n) is 4.19. The summed E-state index contributed by atoms with van der Waals surface area (Å²) in [4.78, 5) is 11.1. The zero-order chi connectivity index (χ0) is 10.7. The Morgan fingerprint density at radius 1 is 1.43 bits per heavy atom. The molecule has 0 aromatic heterocycles. The molecule has 0 N–H and O–H groups in total. The van der Waals surface area contributed by atoms with Crippen molar-refractivity contribution in [2.24, 2.45) is 0 Å². The molecule has 0 aliphatic rings. The number of hydrogen-bond acceptors (Lipinski definition) is 2. The second-order valence-corrected chi connectivity index (χ2v) is 2.75. The minimum absolute atomic E-state index is 0.161.